The highest BCUT2D eigenvalue weighted by Gasteiger charge is 2.24. The first-order valence-corrected chi connectivity index (χ1v) is 13.0. The molecule has 1 aliphatic rings. The van der Waals surface area contributed by atoms with Crippen molar-refractivity contribution in [2.75, 3.05) is 6.54 Å². The van der Waals surface area contributed by atoms with Crippen LogP contribution in [0.25, 0.3) is 11.3 Å². The van der Waals surface area contributed by atoms with E-state index in [1.54, 1.807) is 0 Å². The Morgan fingerprint density at radius 1 is 0.909 bits per heavy atom. The first kappa shape index (κ1) is 23.7. The zero-order chi connectivity index (χ0) is 23.2. The molecule has 2 nitrogen and oxygen atoms in total. The Bertz CT molecular complexity index is 1010. The molecule has 1 aliphatic heterocycles. The van der Waals surface area contributed by atoms with Crippen LogP contribution in [-0.2, 0) is 25.8 Å². The predicted octanol–water partition coefficient (Wildman–Crippen LogP) is 7.48. The van der Waals surface area contributed by atoms with Crippen LogP contribution < -0.4 is 0 Å². The molecule has 1 fully saturated rings. The van der Waals surface area contributed by atoms with Crippen molar-refractivity contribution in [3.05, 3.63) is 88.1 Å². The van der Waals surface area contributed by atoms with Crippen molar-refractivity contribution in [2.45, 2.75) is 85.2 Å². The Kier molecular flexibility index (Phi) is 7.98. The number of benzene rings is 2. The van der Waals surface area contributed by atoms with Gasteiger partial charge in [-0.3, -0.25) is 9.88 Å². The highest BCUT2D eigenvalue weighted by Crippen LogP contribution is 2.31. The van der Waals surface area contributed by atoms with Crippen molar-refractivity contribution < 1.29 is 0 Å². The molecule has 2 heterocycles. The quantitative estimate of drug-likeness (QED) is 0.361. The summed E-state index contributed by atoms with van der Waals surface area (Å²) < 4.78 is 0. The molecule has 0 N–H and O–H groups in total. The van der Waals surface area contributed by atoms with Crippen LogP contribution in [0.3, 0.4) is 0 Å². The Morgan fingerprint density at radius 3 is 2.30 bits per heavy atom. The largest absolute Gasteiger partial charge is 0.296 e. The number of aromatic nitrogens is 1. The molecule has 1 aromatic heterocycles. The van der Waals surface area contributed by atoms with E-state index in [2.05, 4.69) is 87.2 Å². The lowest BCUT2D eigenvalue weighted by molar-refractivity contribution is 0.132. The smallest absolute Gasteiger partial charge is 0.0713 e. The van der Waals surface area contributed by atoms with Crippen molar-refractivity contribution in [1.82, 2.24) is 9.88 Å². The predicted molar refractivity (Wildman–Crippen MR) is 141 cm³/mol. The minimum Gasteiger partial charge on any atom is -0.296 e. The number of nitrogens with zero attached hydrogens (tertiary/aromatic N) is 2. The summed E-state index contributed by atoms with van der Waals surface area (Å²) in [5, 5.41) is 0. The summed E-state index contributed by atoms with van der Waals surface area (Å²) in [6, 6.07) is 20.7. The molecule has 0 saturated carbocycles. The molecule has 0 bridgehead atoms. The molecule has 1 atom stereocenters. The molecule has 0 amide bonds. The molecule has 1 saturated heterocycles. The number of rotatable bonds is 8. The maximum Gasteiger partial charge on any atom is 0.0713 e. The standard InChI is InChI=1S/C31H40N2/c1-5-26-15-12-16-27(6-2)31(26)30-21-23(3)29(24(4)32-30)22-33-20-11-10-17-28(33)19-18-25-13-8-7-9-14-25/h7-9,12-16,21,28H,5-6,10-11,17-20,22H2,1-4H3. The van der Waals surface area contributed by atoms with Crippen molar-refractivity contribution in [1.29, 1.82) is 0 Å². The summed E-state index contributed by atoms with van der Waals surface area (Å²) >= 11 is 0. The van der Waals surface area contributed by atoms with E-state index in [1.807, 2.05) is 0 Å². The van der Waals surface area contributed by atoms with Gasteiger partial charge in [0, 0.05) is 23.8 Å². The number of hydrogen-bond donors (Lipinski definition) is 0. The second-order valence-corrected chi connectivity index (χ2v) is 9.69. The average molecular weight is 441 g/mol. The Labute approximate surface area is 201 Å². The van der Waals surface area contributed by atoms with Gasteiger partial charge in [0.15, 0.2) is 0 Å². The average Bonchev–Trinajstić information content (AvgIpc) is 2.85. The summed E-state index contributed by atoms with van der Waals surface area (Å²) in [7, 11) is 0. The number of pyridine rings is 1. The fourth-order valence-corrected chi connectivity index (χ4v) is 5.57. The van der Waals surface area contributed by atoms with Gasteiger partial charge in [-0.1, -0.05) is 68.8 Å². The van der Waals surface area contributed by atoms with Gasteiger partial charge in [-0.05, 0) is 92.8 Å². The van der Waals surface area contributed by atoms with Crippen LogP contribution in [0.5, 0.6) is 0 Å². The SMILES string of the molecule is CCc1cccc(CC)c1-c1cc(C)c(CN2CCCCC2CCc2ccccc2)c(C)n1. The van der Waals surface area contributed by atoms with Crippen LogP contribution in [0.4, 0.5) is 0 Å². The number of likely N-dealkylation sites (tertiary alicyclic amines) is 1. The van der Waals surface area contributed by atoms with E-state index in [0.717, 1.165) is 25.1 Å². The minimum atomic E-state index is 0.671. The van der Waals surface area contributed by atoms with Gasteiger partial charge < -0.3 is 0 Å². The van der Waals surface area contributed by atoms with Gasteiger partial charge in [0.1, 0.15) is 0 Å². The third kappa shape index (κ3) is 5.55. The van der Waals surface area contributed by atoms with Crippen molar-refractivity contribution in [2.24, 2.45) is 0 Å². The first-order chi connectivity index (χ1) is 16.1. The molecular formula is C31H40N2. The summed E-state index contributed by atoms with van der Waals surface area (Å²) in [5.74, 6) is 0. The molecule has 33 heavy (non-hydrogen) atoms. The van der Waals surface area contributed by atoms with Gasteiger partial charge in [-0.15, -0.1) is 0 Å². The minimum absolute atomic E-state index is 0.671. The Morgan fingerprint density at radius 2 is 1.64 bits per heavy atom. The summed E-state index contributed by atoms with van der Waals surface area (Å²) in [6.07, 6.45) is 8.50. The highest BCUT2D eigenvalue weighted by atomic mass is 15.2. The number of hydrogen-bond acceptors (Lipinski definition) is 2. The third-order valence-electron chi connectivity index (χ3n) is 7.53. The molecule has 0 aliphatic carbocycles. The van der Waals surface area contributed by atoms with E-state index in [0.29, 0.717) is 6.04 Å². The maximum absolute atomic E-state index is 5.18. The number of piperidine rings is 1. The molecule has 4 rings (SSSR count). The first-order valence-electron chi connectivity index (χ1n) is 13.0. The maximum atomic E-state index is 5.18. The fourth-order valence-electron chi connectivity index (χ4n) is 5.57. The van der Waals surface area contributed by atoms with E-state index in [4.69, 9.17) is 4.98 Å². The second kappa shape index (κ2) is 11.1. The van der Waals surface area contributed by atoms with Gasteiger partial charge in [0.05, 0.1) is 5.69 Å². The normalized spacial score (nSPS) is 16.8. The topological polar surface area (TPSA) is 16.1 Å². The van der Waals surface area contributed by atoms with E-state index in [1.165, 1.54) is 77.7 Å². The van der Waals surface area contributed by atoms with E-state index < -0.39 is 0 Å². The molecule has 2 aromatic carbocycles. The van der Waals surface area contributed by atoms with Crippen LogP contribution >= 0.6 is 0 Å². The second-order valence-electron chi connectivity index (χ2n) is 9.69. The molecule has 174 valence electrons. The zero-order valence-electron chi connectivity index (χ0n) is 21.0. The lowest BCUT2D eigenvalue weighted by Crippen LogP contribution is -2.39. The van der Waals surface area contributed by atoms with Crippen LogP contribution in [0.2, 0.25) is 0 Å². The van der Waals surface area contributed by atoms with Crippen LogP contribution in [-0.4, -0.2) is 22.5 Å². The van der Waals surface area contributed by atoms with Gasteiger partial charge in [-0.25, -0.2) is 0 Å². The monoisotopic (exact) mass is 440 g/mol. The Balaban J connectivity index is 1.56. The van der Waals surface area contributed by atoms with Crippen LogP contribution in [0.15, 0.2) is 54.6 Å². The number of aryl methyl sites for hydroxylation is 5. The van der Waals surface area contributed by atoms with E-state index >= 15 is 0 Å². The van der Waals surface area contributed by atoms with Crippen molar-refractivity contribution >= 4 is 0 Å². The third-order valence-corrected chi connectivity index (χ3v) is 7.53. The molecule has 1 unspecified atom stereocenters. The molecule has 3 aromatic rings. The fraction of sp³-hybridized carbons (Fsp3) is 0.452. The summed E-state index contributed by atoms with van der Waals surface area (Å²) in [4.78, 5) is 7.92. The summed E-state index contributed by atoms with van der Waals surface area (Å²) in [6.45, 7) is 11.2. The zero-order valence-corrected chi connectivity index (χ0v) is 21.0. The van der Waals surface area contributed by atoms with Gasteiger partial charge >= 0.3 is 0 Å². The van der Waals surface area contributed by atoms with E-state index in [-0.39, 0.29) is 0 Å². The van der Waals surface area contributed by atoms with Gasteiger partial charge in [0.25, 0.3) is 0 Å². The molecule has 2 heteroatoms. The van der Waals surface area contributed by atoms with E-state index in [9.17, 15) is 0 Å². The van der Waals surface area contributed by atoms with Crippen LogP contribution in [0, 0.1) is 13.8 Å². The molecular weight excluding hydrogens is 400 g/mol. The lowest BCUT2D eigenvalue weighted by atomic mass is 9.92. The van der Waals surface area contributed by atoms with Crippen LogP contribution in [0.1, 0.15) is 73.0 Å². The van der Waals surface area contributed by atoms with Crippen molar-refractivity contribution in [3.8, 4) is 11.3 Å². The molecule has 0 radical (unpaired) electrons. The summed E-state index contributed by atoms with van der Waals surface area (Å²) in [5.41, 5.74) is 10.8. The molecule has 0 spiro atoms. The lowest BCUT2D eigenvalue weighted by Gasteiger charge is -2.36. The van der Waals surface area contributed by atoms with Gasteiger partial charge in [-0.2, -0.15) is 0 Å². The van der Waals surface area contributed by atoms with Crippen molar-refractivity contribution in [3.63, 3.8) is 0 Å². The Hall–Kier alpha value is -2.45. The van der Waals surface area contributed by atoms with Gasteiger partial charge in [0.2, 0.25) is 0 Å². The highest BCUT2D eigenvalue weighted by molar-refractivity contribution is 5.69.